The topological polar surface area (TPSA) is 73.8 Å². The number of aliphatic imine (C=N–C) groups is 1. The van der Waals surface area contributed by atoms with Crippen LogP contribution in [-0.4, -0.2) is 48.0 Å². The summed E-state index contributed by atoms with van der Waals surface area (Å²) >= 11 is 1.36. The van der Waals surface area contributed by atoms with E-state index in [9.17, 15) is 9.59 Å². The van der Waals surface area contributed by atoms with E-state index in [0.29, 0.717) is 11.7 Å². The number of amides is 4. The van der Waals surface area contributed by atoms with Crippen molar-refractivity contribution in [3.63, 3.8) is 0 Å². The van der Waals surface area contributed by atoms with Gasteiger partial charge < -0.3 is 10.2 Å². The van der Waals surface area contributed by atoms with Crippen molar-refractivity contribution >= 4 is 29.0 Å². The number of hydrogen-bond acceptors (Lipinski definition) is 3. The first-order chi connectivity index (χ1) is 8.90. The quantitative estimate of drug-likeness (QED) is 0.472. The third-order valence-electron chi connectivity index (χ3n) is 2.09. The second-order valence-corrected chi connectivity index (χ2v) is 5.48. The van der Waals surface area contributed by atoms with Crippen LogP contribution in [0.5, 0.6) is 0 Å². The highest BCUT2D eigenvalue weighted by molar-refractivity contribution is 8.14. The second kappa shape index (κ2) is 9.43. The summed E-state index contributed by atoms with van der Waals surface area (Å²) in [7, 11) is 3.21. The summed E-state index contributed by atoms with van der Waals surface area (Å²) in [4.78, 5) is 28.3. The van der Waals surface area contributed by atoms with Crippen LogP contribution in [0, 0.1) is 0 Å². The van der Waals surface area contributed by atoms with Gasteiger partial charge in [-0.2, -0.15) is 4.99 Å². The Labute approximate surface area is 118 Å². The lowest BCUT2D eigenvalue weighted by atomic mass is 10.4. The van der Waals surface area contributed by atoms with Crippen molar-refractivity contribution < 1.29 is 9.59 Å². The molecule has 0 radical (unpaired) electrons. The van der Waals surface area contributed by atoms with E-state index >= 15 is 0 Å². The van der Waals surface area contributed by atoms with Crippen LogP contribution in [0.15, 0.2) is 17.6 Å². The molecule has 0 aromatic rings. The third-order valence-corrected chi connectivity index (χ3v) is 3.25. The van der Waals surface area contributed by atoms with Gasteiger partial charge in [0.15, 0.2) is 5.17 Å². The number of thioether (sulfide) groups is 1. The molecule has 0 aromatic carbocycles. The molecular formula is C12H22N4O2S. The minimum absolute atomic E-state index is 0.258. The zero-order chi connectivity index (χ0) is 14.8. The fraction of sp³-hybridized carbons (Fsp3) is 0.583. The Bertz CT molecular complexity index is 356. The molecule has 0 rings (SSSR count). The minimum Gasteiger partial charge on any atom is -0.334 e. The summed E-state index contributed by atoms with van der Waals surface area (Å²) in [6.07, 6.45) is 2.49. The zero-order valence-corrected chi connectivity index (χ0v) is 12.7. The number of nitrogens with one attached hydrogen (secondary N) is 2. The molecule has 0 saturated carbocycles. The summed E-state index contributed by atoms with van der Waals surface area (Å²) < 4.78 is 0. The first-order valence-corrected chi connectivity index (χ1v) is 6.91. The molecule has 6 nitrogen and oxygen atoms in total. The van der Waals surface area contributed by atoms with Gasteiger partial charge in [-0.25, -0.2) is 9.59 Å². The lowest BCUT2D eigenvalue weighted by molar-refractivity contribution is 0.227. The minimum atomic E-state index is -0.408. The molecule has 19 heavy (non-hydrogen) atoms. The van der Waals surface area contributed by atoms with E-state index in [-0.39, 0.29) is 5.25 Å². The molecule has 0 bridgehead atoms. The maximum atomic E-state index is 11.6. The van der Waals surface area contributed by atoms with Crippen LogP contribution in [0.1, 0.15) is 20.3 Å². The first kappa shape index (κ1) is 17.5. The van der Waals surface area contributed by atoms with Crippen LogP contribution in [0.25, 0.3) is 0 Å². The molecule has 7 heteroatoms. The van der Waals surface area contributed by atoms with Gasteiger partial charge >= 0.3 is 12.1 Å². The highest BCUT2D eigenvalue weighted by Crippen LogP contribution is 2.14. The number of carbonyl (C=O) groups excluding carboxylic acids is 2. The van der Waals surface area contributed by atoms with Gasteiger partial charge in [0.25, 0.3) is 0 Å². The maximum absolute atomic E-state index is 11.6. The normalized spacial score (nSPS) is 12.5. The van der Waals surface area contributed by atoms with Crippen molar-refractivity contribution in [3.8, 4) is 0 Å². The molecule has 1 atom stereocenters. The number of carbonyl (C=O) groups is 2. The number of nitrogens with zero attached hydrogens (tertiary/aromatic N) is 2. The van der Waals surface area contributed by atoms with Crippen molar-refractivity contribution in [2.45, 2.75) is 25.5 Å². The van der Waals surface area contributed by atoms with Crippen molar-refractivity contribution in [1.82, 2.24) is 15.5 Å². The molecule has 0 aliphatic rings. The molecule has 0 heterocycles. The predicted octanol–water partition coefficient (Wildman–Crippen LogP) is 2.04. The van der Waals surface area contributed by atoms with Crippen LogP contribution >= 0.6 is 11.8 Å². The fourth-order valence-corrected chi connectivity index (χ4v) is 1.68. The highest BCUT2D eigenvalue weighted by atomic mass is 32.2. The fourth-order valence-electron chi connectivity index (χ4n) is 0.851. The molecular weight excluding hydrogens is 264 g/mol. The zero-order valence-electron chi connectivity index (χ0n) is 11.9. The van der Waals surface area contributed by atoms with Crippen molar-refractivity contribution in [2.24, 2.45) is 4.99 Å². The van der Waals surface area contributed by atoms with Crippen LogP contribution < -0.4 is 10.6 Å². The van der Waals surface area contributed by atoms with E-state index in [1.807, 2.05) is 13.8 Å². The molecule has 0 spiro atoms. The highest BCUT2D eigenvalue weighted by Gasteiger charge is 2.12. The molecule has 0 fully saturated rings. The summed E-state index contributed by atoms with van der Waals surface area (Å²) in [5.41, 5.74) is 0. The first-order valence-electron chi connectivity index (χ1n) is 6.03. The Morgan fingerprint density at radius 3 is 2.58 bits per heavy atom. The van der Waals surface area contributed by atoms with Crippen LogP contribution in [0.2, 0.25) is 0 Å². The molecule has 1 unspecified atom stereocenters. The van der Waals surface area contributed by atoms with E-state index in [1.54, 1.807) is 20.2 Å². The van der Waals surface area contributed by atoms with E-state index in [2.05, 4.69) is 22.2 Å². The van der Waals surface area contributed by atoms with E-state index < -0.39 is 12.1 Å². The Morgan fingerprint density at radius 1 is 1.47 bits per heavy atom. The van der Waals surface area contributed by atoms with Gasteiger partial charge in [0, 0.05) is 25.9 Å². The largest absolute Gasteiger partial charge is 0.345 e. The average molecular weight is 286 g/mol. The monoisotopic (exact) mass is 286 g/mol. The van der Waals surface area contributed by atoms with E-state index in [4.69, 9.17) is 0 Å². The van der Waals surface area contributed by atoms with Crippen molar-refractivity contribution in [1.29, 1.82) is 0 Å². The number of urea groups is 2. The number of amidine groups is 1. The summed E-state index contributed by atoms with van der Waals surface area (Å²) in [6, 6.07) is -0.809. The third kappa shape index (κ3) is 8.25. The Kier molecular flexibility index (Phi) is 8.69. The van der Waals surface area contributed by atoms with E-state index in [0.717, 1.165) is 6.42 Å². The summed E-state index contributed by atoms with van der Waals surface area (Å²) in [6.45, 7) is 7.89. The van der Waals surface area contributed by atoms with Crippen LogP contribution in [0.3, 0.4) is 0 Å². The Morgan fingerprint density at radius 2 is 2.11 bits per heavy atom. The van der Waals surface area contributed by atoms with Gasteiger partial charge in [-0.3, -0.25) is 5.32 Å². The molecule has 108 valence electrons. The maximum Gasteiger partial charge on any atom is 0.345 e. The Hall–Kier alpha value is -1.50. The van der Waals surface area contributed by atoms with Gasteiger partial charge in [0.2, 0.25) is 0 Å². The molecule has 0 aliphatic carbocycles. The molecule has 0 aliphatic heterocycles. The summed E-state index contributed by atoms with van der Waals surface area (Å²) in [5.74, 6) is 0. The smallest absolute Gasteiger partial charge is 0.334 e. The van der Waals surface area contributed by atoms with Gasteiger partial charge in [-0.1, -0.05) is 31.7 Å². The number of hydrogen-bond donors (Lipinski definition) is 2. The Balaban J connectivity index is 4.71. The predicted molar refractivity (Wildman–Crippen MR) is 80.6 cm³/mol. The van der Waals surface area contributed by atoms with Gasteiger partial charge in [0.1, 0.15) is 0 Å². The number of rotatable bonds is 4. The van der Waals surface area contributed by atoms with Crippen LogP contribution in [0.4, 0.5) is 9.59 Å². The van der Waals surface area contributed by atoms with Gasteiger partial charge in [0.05, 0.1) is 0 Å². The molecule has 0 aromatic heterocycles. The standard InChI is InChI=1S/C12H22N4O2S/c1-6-8-13-10(17)14-11(19-9(3)7-2)15-12(18)16(4)5/h6,9H,1,7-8H2,2-5H3,(H2,13,14,15,17,18). The molecule has 2 N–H and O–H groups in total. The lowest BCUT2D eigenvalue weighted by Gasteiger charge is -2.13. The van der Waals surface area contributed by atoms with Crippen molar-refractivity contribution in [3.05, 3.63) is 12.7 Å². The molecule has 4 amide bonds. The van der Waals surface area contributed by atoms with Crippen LogP contribution in [-0.2, 0) is 0 Å². The average Bonchev–Trinajstić information content (AvgIpc) is 2.35. The van der Waals surface area contributed by atoms with E-state index in [1.165, 1.54) is 16.7 Å². The lowest BCUT2D eigenvalue weighted by Crippen LogP contribution is -2.39. The molecule has 0 saturated heterocycles. The van der Waals surface area contributed by atoms with Gasteiger partial charge in [-0.15, -0.1) is 6.58 Å². The summed E-state index contributed by atoms with van der Waals surface area (Å²) in [5, 5.41) is 5.70. The van der Waals surface area contributed by atoms with Gasteiger partial charge in [-0.05, 0) is 6.42 Å². The second-order valence-electron chi connectivity index (χ2n) is 4.05. The SMILES string of the molecule is C=CCNC(=O)NC(=NC(=O)N(C)C)SC(C)CC. The van der Waals surface area contributed by atoms with Crippen molar-refractivity contribution in [2.75, 3.05) is 20.6 Å².